The second kappa shape index (κ2) is 19.8. The molecule has 0 saturated carbocycles. The SMILES string of the molecule is O=[P+](O)OCN(CCN(CCN(CO[P+](=O)O)CO[P+](=O)O)COP(O)O)COP(O)O. The highest BCUT2D eigenvalue weighted by Crippen LogP contribution is 2.26. The normalized spacial score (nSPS) is 13.7. The van der Waals surface area contributed by atoms with Gasteiger partial charge >= 0.3 is 42.0 Å². The minimum Gasteiger partial charge on any atom is -0.328 e. The van der Waals surface area contributed by atoms with Gasteiger partial charge in [-0.2, -0.15) is 0 Å². The standard InChI is InChI=1S/C9H22N3O15P5/c13-28(14)23-5-10(1-3-11(6-24-29(15)16)7-25-30(17)18)2-4-12(8-26-31(19)20)9-27-32(21)22/h13-16H,1-9H2/p+3. The summed E-state index contributed by atoms with van der Waals surface area (Å²) in [5.74, 6) is 0. The van der Waals surface area contributed by atoms with E-state index in [-0.39, 0.29) is 39.6 Å². The second-order valence-electron chi connectivity index (χ2n) is 5.42. The van der Waals surface area contributed by atoms with Crippen LogP contribution < -0.4 is 0 Å². The predicted molar refractivity (Wildman–Crippen MR) is 107 cm³/mol. The molecule has 0 aliphatic heterocycles. The molecule has 0 amide bonds. The van der Waals surface area contributed by atoms with Crippen LogP contribution in [0.4, 0.5) is 0 Å². The van der Waals surface area contributed by atoms with Crippen LogP contribution in [0.15, 0.2) is 0 Å². The quantitative estimate of drug-likeness (QED) is 0.0655. The van der Waals surface area contributed by atoms with E-state index in [1.165, 1.54) is 14.7 Å². The van der Waals surface area contributed by atoms with Gasteiger partial charge < -0.3 is 19.6 Å². The van der Waals surface area contributed by atoms with Gasteiger partial charge in [0.15, 0.2) is 20.2 Å². The van der Waals surface area contributed by atoms with E-state index in [4.69, 9.17) is 38.8 Å². The zero-order chi connectivity index (χ0) is 24.5. The Morgan fingerprint density at radius 3 is 1.12 bits per heavy atom. The van der Waals surface area contributed by atoms with Gasteiger partial charge in [0.1, 0.15) is 13.5 Å². The summed E-state index contributed by atoms with van der Waals surface area (Å²) >= 11 is 0. The van der Waals surface area contributed by atoms with Gasteiger partial charge in [0.25, 0.3) is 0 Å². The van der Waals surface area contributed by atoms with E-state index in [1.807, 2.05) is 0 Å². The first-order valence-corrected chi connectivity index (χ1v) is 13.9. The molecule has 0 fully saturated rings. The third-order valence-corrected chi connectivity index (χ3v) is 4.93. The Hall–Kier alpha value is 0.560. The fourth-order valence-electron chi connectivity index (χ4n) is 1.80. The maximum Gasteiger partial charge on any atom is 0.696 e. The average molecular weight is 570 g/mol. The minimum atomic E-state index is -2.94. The molecule has 0 aromatic heterocycles. The van der Waals surface area contributed by atoms with Crippen LogP contribution in [0, 0.1) is 0 Å². The topological polar surface area (TPSA) is 249 Å². The number of hydrogen-bond donors (Lipinski definition) is 7. The Labute approximate surface area is 187 Å². The molecule has 0 bridgehead atoms. The van der Waals surface area contributed by atoms with Crippen molar-refractivity contribution >= 4 is 42.0 Å². The van der Waals surface area contributed by atoms with Gasteiger partial charge in [0.05, 0.1) is 0 Å². The monoisotopic (exact) mass is 570 g/mol. The Balaban J connectivity index is 4.93. The highest BCUT2D eigenvalue weighted by atomic mass is 31.2. The third-order valence-electron chi connectivity index (χ3n) is 3.23. The second-order valence-corrected chi connectivity index (χ2v) is 9.15. The summed E-state index contributed by atoms with van der Waals surface area (Å²) in [6.07, 6.45) is 0. The summed E-state index contributed by atoms with van der Waals surface area (Å²) in [4.78, 5) is 66.0. The summed E-state index contributed by atoms with van der Waals surface area (Å²) in [6, 6.07) is 0. The fraction of sp³-hybridized carbons (Fsp3) is 1.00. The molecule has 23 heteroatoms. The zero-order valence-electron chi connectivity index (χ0n) is 16.3. The van der Waals surface area contributed by atoms with E-state index < -0.39 is 62.2 Å². The lowest BCUT2D eigenvalue weighted by molar-refractivity contribution is 0.0149. The van der Waals surface area contributed by atoms with Gasteiger partial charge in [0, 0.05) is 39.9 Å². The summed E-state index contributed by atoms with van der Waals surface area (Å²) in [7, 11) is -14.2. The number of hydrogen-bond acceptors (Lipinski definition) is 15. The molecule has 0 heterocycles. The van der Waals surface area contributed by atoms with Crippen molar-refractivity contribution in [2.45, 2.75) is 0 Å². The predicted octanol–water partition coefficient (Wildman–Crippen LogP) is -0.865. The molecular formula is C9H25N3O15P5+3. The van der Waals surface area contributed by atoms with Gasteiger partial charge in [0.2, 0.25) is 0 Å². The van der Waals surface area contributed by atoms with E-state index in [1.54, 1.807) is 0 Å². The first-order valence-electron chi connectivity index (χ1n) is 8.15. The Bertz CT molecular complexity index is 545. The first-order chi connectivity index (χ1) is 15.0. The molecule has 0 aliphatic carbocycles. The molecule has 32 heavy (non-hydrogen) atoms. The van der Waals surface area contributed by atoms with E-state index in [0.29, 0.717) is 0 Å². The highest BCUT2D eigenvalue weighted by Gasteiger charge is 2.23. The van der Waals surface area contributed by atoms with Gasteiger partial charge in [-0.15, -0.1) is 28.3 Å². The molecule has 0 radical (unpaired) electrons. The van der Waals surface area contributed by atoms with Crippen molar-refractivity contribution in [2.24, 2.45) is 0 Å². The van der Waals surface area contributed by atoms with Crippen molar-refractivity contribution < 1.29 is 70.6 Å². The summed E-state index contributed by atoms with van der Waals surface area (Å²) < 4.78 is 55.2. The summed E-state index contributed by atoms with van der Waals surface area (Å²) in [6.45, 7) is -1.63. The minimum absolute atomic E-state index is 0.0402. The molecule has 0 rings (SSSR count). The summed E-state index contributed by atoms with van der Waals surface area (Å²) in [5.41, 5.74) is 0. The number of rotatable bonds is 21. The van der Waals surface area contributed by atoms with Crippen molar-refractivity contribution in [2.75, 3.05) is 59.8 Å². The lowest BCUT2D eigenvalue weighted by atomic mass is 10.4. The van der Waals surface area contributed by atoms with Crippen molar-refractivity contribution in [3.05, 3.63) is 0 Å². The van der Waals surface area contributed by atoms with Crippen molar-refractivity contribution in [1.29, 1.82) is 0 Å². The van der Waals surface area contributed by atoms with Crippen molar-refractivity contribution in [3.8, 4) is 0 Å². The zero-order valence-corrected chi connectivity index (χ0v) is 20.8. The number of nitrogens with zero attached hydrogens (tertiary/aromatic N) is 3. The first kappa shape index (κ1) is 32.6. The van der Waals surface area contributed by atoms with E-state index in [9.17, 15) is 13.7 Å². The molecular weight excluding hydrogens is 545 g/mol. The highest BCUT2D eigenvalue weighted by molar-refractivity contribution is 7.39. The Morgan fingerprint density at radius 1 is 0.531 bits per heavy atom. The molecule has 0 aliphatic rings. The summed E-state index contributed by atoms with van der Waals surface area (Å²) in [5, 5.41) is 0. The molecule has 188 valence electrons. The molecule has 0 aromatic carbocycles. The molecule has 3 unspecified atom stereocenters. The van der Waals surface area contributed by atoms with Crippen LogP contribution >= 0.6 is 42.0 Å². The van der Waals surface area contributed by atoms with Crippen LogP contribution in [0.5, 0.6) is 0 Å². The van der Waals surface area contributed by atoms with Crippen LogP contribution in [0.1, 0.15) is 0 Å². The van der Waals surface area contributed by atoms with Crippen molar-refractivity contribution in [3.63, 3.8) is 0 Å². The Morgan fingerprint density at radius 2 is 0.812 bits per heavy atom. The molecule has 18 nitrogen and oxygen atoms in total. The van der Waals surface area contributed by atoms with Gasteiger partial charge in [-0.25, -0.2) is 4.90 Å². The smallest absolute Gasteiger partial charge is 0.328 e. The largest absolute Gasteiger partial charge is 0.696 e. The van der Waals surface area contributed by atoms with Crippen LogP contribution in [0.25, 0.3) is 0 Å². The molecule has 3 atom stereocenters. The fourth-order valence-corrected chi connectivity index (χ4v) is 3.12. The molecule has 0 spiro atoms. The van der Waals surface area contributed by atoms with Crippen LogP contribution in [0.3, 0.4) is 0 Å². The third kappa shape index (κ3) is 21.1. The van der Waals surface area contributed by atoms with E-state index in [2.05, 4.69) is 18.1 Å². The van der Waals surface area contributed by atoms with Crippen LogP contribution in [-0.4, -0.2) is 109 Å². The molecule has 0 aromatic rings. The van der Waals surface area contributed by atoms with Crippen LogP contribution in [-0.2, 0) is 36.3 Å². The van der Waals surface area contributed by atoms with Gasteiger partial charge in [-0.3, -0.25) is 18.8 Å². The van der Waals surface area contributed by atoms with Gasteiger partial charge in [-0.05, 0) is 0 Å². The molecule has 0 saturated heterocycles. The molecule has 7 N–H and O–H groups in total. The maximum atomic E-state index is 10.7. The van der Waals surface area contributed by atoms with E-state index in [0.717, 1.165) is 0 Å². The van der Waals surface area contributed by atoms with Crippen LogP contribution in [0.2, 0.25) is 0 Å². The maximum absolute atomic E-state index is 10.7. The lowest BCUT2D eigenvalue weighted by Crippen LogP contribution is -2.42. The van der Waals surface area contributed by atoms with E-state index >= 15 is 0 Å². The van der Waals surface area contributed by atoms with Crippen molar-refractivity contribution in [1.82, 2.24) is 14.7 Å². The Kier molecular flexibility index (Phi) is 20.2. The lowest BCUT2D eigenvalue weighted by Gasteiger charge is -2.27. The van der Waals surface area contributed by atoms with Gasteiger partial charge in [-0.1, -0.05) is 0 Å². The average Bonchev–Trinajstić information content (AvgIpc) is 2.68.